The highest BCUT2D eigenvalue weighted by molar-refractivity contribution is 5.77. The van der Waals surface area contributed by atoms with E-state index >= 15 is 0 Å². The number of fused-ring (bicyclic) bond motifs is 1. The van der Waals surface area contributed by atoms with E-state index in [1.165, 1.54) is 0 Å². The molecule has 1 amide bonds. The van der Waals surface area contributed by atoms with Crippen LogP contribution in [0.3, 0.4) is 0 Å². The van der Waals surface area contributed by atoms with Gasteiger partial charge in [0.1, 0.15) is 17.3 Å². The molecule has 34 heavy (non-hydrogen) atoms. The number of unbranched alkanes of at least 4 members (excludes halogenated alkanes) is 1. The molecule has 0 spiro atoms. The molecule has 1 N–H and O–H groups in total. The van der Waals surface area contributed by atoms with Crippen LogP contribution in [0.2, 0.25) is 0 Å². The maximum absolute atomic E-state index is 12.2. The third kappa shape index (κ3) is 6.38. The van der Waals surface area contributed by atoms with Gasteiger partial charge in [-0.1, -0.05) is 48.5 Å². The Morgan fingerprint density at radius 3 is 2.53 bits per heavy atom. The van der Waals surface area contributed by atoms with E-state index < -0.39 is 0 Å². The van der Waals surface area contributed by atoms with Crippen LogP contribution in [0.4, 0.5) is 0 Å². The second kappa shape index (κ2) is 11.9. The zero-order valence-electron chi connectivity index (χ0n) is 19.6. The van der Waals surface area contributed by atoms with Gasteiger partial charge in [0.25, 0.3) is 5.91 Å². The van der Waals surface area contributed by atoms with Crippen LogP contribution in [-0.4, -0.2) is 35.2 Å². The number of para-hydroxylation sites is 4. The van der Waals surface area contributed by atoms with E-state index in [0.717, 1.165) is 47.6 Å². The highest BCUT2D eigenvalue weighted by Crippen LogP contribution is 2.19. The van der Waals surface area contributed by atoms with Crippen molar-refractivity contribution < 1.29 is 14.3 Å². The molecular formula is C28H31N3O3. The summed E-state index contributed by atoms with van der Waals surface area (Å²) in [5, 5.41) is 2.94. The topological polar surface area (TPSA) is 65.4 Å². The van der Waals surface area contributed by atoms with Gasteiger partial charge in [0.15, 0.2) is 6.61 Å². The molecule has 3 aromatic carbocycles. The second-order valence-electron chi connectivity index (χ2n) is 8.19. The monoisotopic (exact) mass is 457 g/mol. The average molecular weight is 458 g/mol. The number of hydrogen-bond acceptors (Lipinski definition) is 4. The Bertz CT molecular complexity index is 1200. The minimum atomic E-state index is -0.139. The van der Waals surface area contributed by atoms with Crippen LogP contribution in [0, 0.1) is 6.92 Å². The Morgan fingerprint density at radius 1 is 0.912 bits per heavy atom. The summed E-state index contributed by atoms with van der Waals surface area (Å²) < 4.78 is 13.7. The number of carbonyl (C=O) groups excluding carboxylic acids is 1. The molecule has 4 rings (SSSR count). The summed E-state index contributed by atoms with van der Waals surface area (Å²) in [5.74, 6) is 2.47. The number of aromatic nitrogens is 2. The Kier molecular flexibility index (Phi) is 8.17. The molecule has 176 valence electrons. The largest absolute Gasteiger partial charge is 0.493 e. The molecule has 0 bridgehead atoms. The van der Waals surface area contributed by atoms with Gasteiger partial charge in [0.05, 0.1) is 17.6 Å². The van der Waals surface area contributed by atoms with Crippen molar-refractivity contribution in [1.29, 1.82) is 0 Å². The van der Waals surface area contributed by atoms with Gasteiger partial charge in [-0.25, -0.2) is 4.98 Å². The lowest BCUT2D eigenvalue weighted by atomic mass is 10.2. The molecule has 0 aliphatic rings. The van der Waals surface area contributed by atoms with Crippen LogP contribution in [0.25, 0.3) is 11.0 Å². The molecular weight excluding hydrogens is 426 g/mol. The van der Waals surface area contributed by atoms with E-state index in [1.54, 1.807) is 0 Å². The summed E-state index contributed by atoms with van der Waals surface area (Å²) in [4.78, 5) is 17.0. The minimum absolute atomic E-state index is 0.00131. The summed E-state index contributed by atoms with van der Waals surface area (Å²) in [6.45, 7) is 4.12. The normalized spacial score (nSPS) is 10.9. The number of ether oxygens (including phenoxy) is 2. The number of aryl methyl sites for hydroxylation is 2. The van der Waals surface area contributed by atoms with Crippen LogP contribution < -0.4 is 14.8 Å². The van der Waals surface area contributed by atoms with Crippen LogP contribution in [-0.2, 0) is 17.8 Å². The van der Waals surface area contributed by atoms with Gasteiger partial charge in [-0.2, -0.15) is 0 Å². The van der Waals surface area contributed by atoms with Crippen molar-refractivity contribution >= 4 is 16.9 Å². The fourth-order valence-electron chi connectivity index (χ4n) is 3.87. The first kappa shape index (κ1) is 23.4. The number of nitrogens with one attached hydrogen (secondary N) is 1. The third-order valence-electron chi connectivity index (χ3n) is 5.64. The highest BCUT2D eigenvalue weighted by Gasteiger charge is 2.11. The number of nitrogens with zero attached hydrogens (tertiary/aromatic N) is 2. The first-order chi connectivity index (χ1) is 16.7. The summed E-state index contributed by atoms with van der Waals surface area (Å²) in [5.41, 5.74) is 3.25. The van der Waals surface area contributed by atoms with Gasteiger partial charge in [-0.3, -0.25) is 4.79 Å². The van der Waals surface area contributed by atoms with Crippen molar-refractivity contribution in [3.63, 3.8) is 0 Å². The molecule has 0 unspecified atom stereocenters. The Hall–Kier alpha value is -3.80. The van der Waals surface area contributed by atoms with E-state index in [0.29, 0.717) is 25.3 Å². The summed E-state index contributed by atoms with van der Waals surface area (Å²) >= 11 is 0. The van der Waals surface area contributed by atoms with E-state index in [4.69, 9.17) is 14.5 Å². The quantitative estimate of drug-likeness (QED) is 0.306. The number of carbonyl (C=O) groups is 1. The molecule has 0 radical (unpaired) electrons. The highest BCUT2D eigenvalue weighted by atomic mass is 16.5. The Morgan fingerprint density at radius 2 is 1.68 bits per heavy atom. The number of hydrogen-bond donors (Lipinski definition) is 1. The molecule has 0 saturated carbocycles. The molecule has 4 aromatic rings. The average Bonchev–Trinajstić information content (AvgIpc) is 3.21. The van der Waals surface area contributed by atoms with Gasteiger partial charge in [0, 0.05) is 19.5 Å². The maximum Gasteiger partial charge on any atom is 0.257 e. The maximum atomic E-state index is 12.2. The van der Waals surface area contributed by atoms with Gasteiger partial charge < -0.3 is 19.4 Å². The molecule has 0 saturated heterocycles. The van der Waals surface area contributed by atoms with E-state index in [9.17, 15) is 4.79 Å². The summed E-state index contributed by atoms with van der Waals surface area (Å²) in [6.07, 6.45) is 2.59. The fourth-order valence-corrected chi connectivity index (χ4v) is 3.87. The molecule has 0 aliphatic carbocycles. The molecule has 1 heterocycles. The van der Waals surface area contributed by atoms with Gasteiger partial charge in [0.2, 0.25) is 0 Å². The van der Waals surface area contributed by atoms with Crippen molar-refractivity contribution in [1.82, 2.24) is 14.9 Å². The predicted molar refractivity (Wildman–Crippen MR) is 134 cm³/mol. The fraction of sp³-hybridized carbons (Fsp3) is 0.286. The number of benzene rings is 3. The zero-order valence-corrected chi connectivity index (χ0v) is 19.6. The van der Waals surface area contributed by atoms with Crippen molar-refractivity contribution in [2.24, 2.45) is 0 Å². The molecule has 0 aliphatic heterocycles. The predicted octanol–water partition coefficient (Wildman–Crippen LogP) is 4.94. The van der Waals surface area contributed by atoms with E-state index in [1.807, 2.05) is 66.7 Å². The van der Waals surface area contributed by atoms with Crippen LogP contribution in [0.1, 0.15) is 24.2 Å². The van der Waals surface area contributed by atoms with Crippen molar-refractivity contribution in [2.75, 3.05) is 19.8 Å². The molecule has 0 atom stereocenters. The number of amides is 1. The molecule has 0 fully saturated rings. The molecule has 6 nitrogen and oxygen atoms in total. The van der Waals surface area contributed by atoms with Gasteiger partial charge >= 0.3 is 0 Å². The molecule has 6 heteroatoms. The minimum Gasteiger partial charge on any atom is -0.493 e. The van der Waals surface area contributed by atoms with Crippen LogP contribution >= 0.6 is 0 Å². The zero-order chi connectivity index (χ0) is 23.6. The number of imidazole rings is 1. The summed E-state index contributed by atoms with van der Waals surface area (Å²) in [6, 6.07) is 25.6. The smallest absolute Gasteiger partial charge is 0.257 e. The van der Waals surface area contributed by atoms with Gasteiger partial charge in [-0.05, 0) is 55.7 Å². The lowest BCUT2D eigenvalue weighted by Crippen LogP contribution is -2.31. The van der Waals surface area contributed by atoms with E-state index in [2.05, 4.69) is 28.9 Å². The first-order valence-electron chi connectivity index (χ1n) is 11.8. The van der Waals surface area contributed by atoms with E-state index in [-0.39, 0.29) is 12.5 Å². The third-order valence-corrected chi connectivity index (χ3v) is 5.64. The Balaban J connectivity index is 1.27. The van der Waals surface area contributed by atoms with Crippen LogP contribution in [0.15, 0.2) is 78.9 Å². The standard InChI is InChI=1S/C28H31N3O3/c1-22-11-5-8-16-26(22)33-20-10-9-19-31-25-15-7-6-14-24(25)30-27(31)17-18-29-28(32)21-34-23-12-3-2-4-13-23/h2-8,11-16H,9-10,17-21H2,1H3,(H,29,32). The first-order valence-corrected chi connectivity index (χ1v) is 11.8. The lowest BCUT2D eigenvalue weighted by Gasteiger charge is -2.12. The van der Waals surface area contributed by atoms with Crippen molar-refractivity contribution in [3.8, 4) is 11.5 Å². The lowest BCUT2D eigenvalue weighted by molar-refractivity contribution is -0.123. The Labute approximate surface area is 200 Å². The second-order valence-corrected chi connectivity index (χ2v) is 8.19. The SMILES string of the molecule is Cc1ccccc1OCCCCn1c(CCNC(=O)COc2ccccc2)nc2ccccc21. The van der Waals surface area contributed by atoms with Crippen LogP contribution in [0.5, 0.6) is 11.5 Å². The van der Waals surface area contributed by atoms with Gasteiger partial charge in [-0.15, -0.1) is 0 Å². The van der Waals surface area contributed by atoms with Crippen molar-refractivity contribution in [2.45, 2.75) is 32.7 Å². The summed E-state index contributed by atoms with van der Waals surface area (Å²) in [7, 11) is 0. The number of rotatable bonds is 12. The van der Waals surface area contributed by atoms with Crippen molar-refractivity contribution in [3.05, 3.63) is 90.3 Å². The molecule has 1 aromatic heterocycles.